The Hall–Kier alpha value is -2.40. The van der Waals surface area contributed by atoms with Crippen molar-refractivity contribution in [2.75, 3.05) is 31.4 Å². The molecule has 3 unspecified atom stereocenters. The van der Waals surface area contributed by atoms with Crippen molar-refractivity contribution in [2.45, 2.75) is 43.6 Å². The van der Waals surface area contributed by atoms with Crippen LogP contribution in [0.15, 0.2) is 42.5 Å². The first-order valence-corrected chi connectivity index (χ1v) is 15.1. The van der Waals surface area contributed by atoms with Crippen molar-refractivity contribution in [1.29, 1.82) is 0 Å². The molecule has 1 amide bonds. The second-order valence-electron chi connectivity index (χ2n) is 9.34. The van der Waals surface area contributed by atoms with Crippen molar-refractivity contribution < 1.29 is 28.2 Å². The van der Waals surface area contributed by atoms with Crippen LogP contribution in [0.3, 0.4) is 0 Å². The molecular formula is C26H34N2O6S2. The van der Waals surface area contributed by atoms with Crippen molar-refractivity contribution in [3.63, 3.8) is 0 Å². The first-order valence-electron chi connectivity index (χ1n) is 11.8. The number of benzene rings is 2. The molecule has 1 fully saturated rings. The summed E-state index contributed by atoms with van der Waals surface area (Å²) in [4.78, 5) is 27.2. The number of hydrogen-bond acceptors (Lipinski definition) is 7. The topological polar surface area (TPSA) is 124 Å². The fourth-order valence-electron chi connectivity index (χ4n) is 4.54. The Labute approximate surface area is 217 Å². The third-order valence-corrected chi connectivity index (χ3v) is 8.55. The number of carboxylic acid groups (broad SMARTS) is 1. The third kappa shape index (κ3) is 7.32. The highest BCUT2D eigenvalue weighted by molar-refractivity contribution is 7.99. The number of hydrogen-bond donors (Lipinski definition) is 3. The number of carbonyl (C=O) groups excluding carboxylic acids is 1. The Kier molecular flexibility index (Phi) is 9.57. The van der Waals surface area contributed by atoms with Crippen LogP contribution < -0.4 is 5.32 Å². The quantitative estimate of drug-likeness (QED) is 0.402. The number of nitrogens with zero attached hydrogens (tertiary/aromatic N) is 1. The summed E-state index contributed by atoms with van der Waals surface area (Å²) in [6.07, 6.45) is 3.82. The van der Waals surface area contributed by atoms with Gasteiger partial charge >= 0.3 is 5.97 Å². The van der Waals surface area contributed by atoms with Gasteiger partial charge in [0.1, 0.15) is 15.9 Å². The van der Waals surface area contributed by atoms with Gasteiger partial charge in [-0.3, -0.25) is 9.69 Å². The van der Waals surface area contributed by atoms with Crippen LogP contribution in [0.4, 0.5) is 0 Å². The van der Waals surface area contributed by atoms with E-state index in [2.05, 4.69) is 16.5 Å². The van der Waals surface area contributed by atoms with Gasteiger partial charge < -0.3 is 15.5 Å². The summed E-state index contributed by atoms with van der Waals surface area (Å²) in [5.74, 6) is -2.20. The van der Waals surface area contributed by atoms with E-state index in [1.165, 1.54) is 0 Å². The average Bonchev–Trinajstić information content (AvgIpc) is 3.23. The van der Waals surface area contributed by atoms with Gasteiger partial charge in [-0.05, 0) is 60.4 Å². The molecule has 0 aromatic heterocycles. The summed E-state index contributed by atoms with van der Waals surface area (Å²) in [7, 11) is -3.38. The summed E-state index contributed by atoms with van der Waals surface area (Å²) in [5.41, 5.74) is 3.80. The summed E-state index contributed by atoms with van der Waals surface area (Å²) < 4.78 is 23.1. The predicted molar refractivity (Wildman–Crippen MR) is 143 cm³/mol. The van der Waals surface area contributed by atoms with E-state index < -0.39 is 27.8 Å². The van der Waals surface area contributed by atoms with Gasteiger partial charge in [0, 0.05) is 36.2 Å². The zero-order chi connectivity index (χ0) is 26.5. The smallest absolute Gasteiger partial charge is 0.326 e. The minimum Gasteiger partial charge on any atom is -0.480 e. The lowest BCUT2D eigenvalue weighted by Gasteiger charge is -2.23. The van der Waals surface area contributed by atoms with E-state index in [-0.39, 0.29) is 24.8 Å². The van der Waals surface area contributed by atoms with Crippen LogP contribution in [0.5, 0.6) is 0 Å². The predicted octanol–water partition coefficient (Wildman–Crippen LogP) is 2.58. The Bertz CT molecular complexity index is 1200. The highest BCUT2D eigenvalue weighted by Gasteiger charge is 2.31. The maximum Gasteiger partial charge on any atom is 0.326 e. The minimum atomic E-state index is -3.38. The van der Waals surface area contributed by atoms with Crippen LogP contribution in [0.1, 0.15) is 34.3 Å². The molecule has 3 rings (SSSR count). The van der Waals surface area contributed by atoms with E-state index in [9.17, 15) is 28.2 Å². The number of aliphatic hydroxyl groups excluding tert-OH is 1. The summed E-state index contributed by atoms with van der Waals surface area (Å²) >= 11 is 1.80. The molecule has 3 N–H and O–H groups in total. The Morgan fingerprint density at radius 3 is 2.53 bits per heavy atom. The summed E-state index contributed by atoms with van der Waals surface area (Å²) in [5, 5.41) is 22.4. The highest BCUT2D eigenvalue weighted by atomic mass is 32.2. The number of rotatable bonds is 11. The van der Waals surface area contributed by atoms with Crippen molar-refractivity contribution >= 4 is 33.5 Å². The number of aliphatic hydroxyl groups is 1. The molecule has 0 radical (unpaired) electrons. The molecule has 3 atom stereocenters. The average molecular weight is 535 g/mol. The number of carbonyl (C=O) groups is 2. The minimum absolute atomic E-state index is 0.0819. The fourth-order valence-corrected chi connectivity index (χ4v) is 5.96. The Morgan fingerprint density at radius 2 is 1.92 bits per heavy atom. The van der Waals surface area contributed by atoms with Crippen LogP contribution in [0.25, 0.3) is 11.1 Å². The molecule has 0 bridgehead atoms. The molecule has 8 nitrogen and oxygen atoms in total. The number of carboxylic acids is 1. The standard InChI is InChI=1S/C26H34N2O6S2/c1-17-6-4-5-7-21(17)23-12-18(14-28-15-20(35-2)13-19(28)16-29)8-9-22(23)25(30)27-24(26(31)32)10-11-36(3,33)34/h4-9,12,19-20,24,29H,10-11,13-16H2,1-3H3,(H,27,30)(H,31,32). The second-order valence-corrected chi connectivity index (χ2v) is 12.7. The number of aliphatic carboxylic acids is 1. The molecule has 36 heavy (non-hydrogen) atoms. The van der Waals surface area contributed by atoms with Gasteiger partial charge in [-0.15, -0.1) is 0 Å². The highest BCUT2D eigenvalue weighted by Crippen LogP contribution is 2.31. The number of sulfone groups is 1. The Balaban J connectivity index is 1.93. The first kappa shape index (κ1) is 28.2. The van der Waals surface area contributed by atoms with E-state index in [1.54, 1.807) is 17.8 Å². The lowest BCUT2D eigenvalue weighted by Crippen LogP contribution is -2.42. The zero-order valence-corrected chi connectivity index (χ0v) is 22.4. The SMILES string of the molecule is CSC1CC(CO)N(Cc2ccc(C(=O)NC(CCS(C)(=O)=O)C(=O)O)c(-c3ccccc3C)c2)C1. The van der Waals surface area contributed by atoms with Crippen molar-refractivity contribution in [2.24, 2.45) is 0 Å². The van der Waals surface area contributed by atoms with Crippen molar-refractivity contribution in [1.82, 2.24) is 10.2 Å². The van der Waals surface area contributed by atoms with E-state index in [4.69, 9.17) is 0 Å². The maximum absolute atomic E-state index is 13.3. The van der Waals surface area contributed by atoms with Gasteiger partial charge in [0.05, 0.1) is 12.4 Å². The van der Waals surface area contributed by atoms with Gasteiger partial charge in [-0.1, -0.05) is 30.3 Å². The molecule has 1 aliphatic rings. The molecular weight excluding hydrogens is 500 g/mol. The fraction of sp³-hybridized carbons (Fsp3) is 0.462. The zero-order valence-electron chi connectivity index (χ0n) is 20.8. The monoisotopic (exact) mass is 534 g/mol. The molecule has 1 saturated heterocycles. The van der Waals surface area contributed by atoms with Crippen LogP contribution in [-0.2, 0) is 21.2 Å². The van der Waals surface area contributed by atoms with Crippen molar-refractivity contribution in [3.8, 4) is 11.1 Å². The van der Waals surface area contributed by atoms with Crippen molar-refractivity contribution in [3.05, 3.63) is 59.2 Å². The van der Waals surface area contributed by atoms with Gasteiger partial charge in [0.25, 0.3) is 5.91 Å². The van der Waals surface area contributed by atoms with Gasteiger partial charge in [-0.2, -0.15) is 11.8 Å². The van der Waals surface area contributed by atoms with Crippen LogP contribution in [0.2, 0.25) is 0 Å². The lowest BCUT2D eigenvalue weighted by molar-refractivity contribution is -0.139. The number of amides is 1. The molecule has 1 aliphatic heterocycles. The molecule has 2 aromatic carbocycles. The number of thioether (sulfide) groups is 1. The molecule has 196 valence electrons. The van der Waals surface area contributed by atoms with Crippen LogP contribution >= 0.6 is 11.8 Å². The largest absolute Gasteiger partial charge is 0.480 e. The molecule has 10 heteroatoms. The maximum atomic E-state index is 13.3. The molecule has 0 saturated carbocycles. The molecule has 0 spiro atoms. The van der Waals surface area contributed by atoms with Crippen LogP contribution in [-0.4, -0.2) is 84.2 Å². The van der Waals surface area contributed by atoms with E-state index >= 15 is 0 Å². The third-order valence-electron chi connectivity index (χ3n) is 6.56. The van der Waals surface area contributed by atoms with Gasteiger partial charge in [0.2, 0.25) is 0 Å². The lowest BCUT2D eigenvalue weighted by atomic mass is 9.93. The molecule has 1 heterocycles. The second kappa shape index (κ2) is 12.2. The van der Waals surface area contributed by atoms with E-state index in [0.29, 0.717) is 22.9 Å². The summed E-state index contributed by atoms with van der Waals surface area (Å²) in [6.45, 7) is 3.53. The number of aryl methyl sites for hydroxylation is 1. The number of likely N-dealkylation sites (tertiary alicyclic amines) is 1. The van der Waals surface area contributed by atoms with Crippen LogP contribution in [0, 0.1) is 6.92 Å². The Morgan fingerprint density at radius 1 is 1.19 bits per heavy atom. The number of nitrogens with one attached hydrogen (secondary N) is 1. The van der Waals surface area contributed by atoms with E-state index in [0.717, 1.165) is 35.9 Å². The summed E-state index contributed by atoms with van der Waals surface area (Å²) in [6, 6.07) is 11.9. The van der Waals surface area contributed by atoms with Gasteiger partial charge in [-0.25, -0.2) is 13.2 Å². The van der Waals surface area contributed by atoms with Gasteiger partial charge in [0.15, 0.2) is 0 Å². The normalized spacial score (nSPS) is 19.2. The molecule has 0 aliphatic carbocycles. The molecule has 2 aromatic rings. The van der Waals surface area contributed by atoms with E-state index in [1.807, 2.05) is 43.3 Å². The first-order chi connectivity index (χ1) is 17.0.